The molecule has 0 aliphatic heterocycles. The van der Waals surface area contributed by atoms with Crippen LogP contribution in [0.3, 0.4) is 0 Å². The molecule has 2 aromatic rings. The van der Waals surface area contributed by atoms with E-state index in [4.69, 9.17) is 4.42 Å². The molecule has 0 radical (unpaired) electrons. The fraction of sp³-hybridized carbons (Fsp3) is 0.438. The molecule has 102 valence electrons. The average molecular weight is 258 g/mol. The van der Waals surface area contributed by atoms with Gasteiger partial charge in [0.25, 0.3) is 0 Å². The lowest BCUT2D eigenvalue weighted by Crippen LogP contribution is -2.23. The van der Waals surface area contributed by atoms with Crippen molar-refractivity contribution in [1.82, 2.24) is 10.3 Å². The quantitative estimate of drug-likeness (QED) is 0.859. The Morgan fingerprint density at radius 3 is 2.74 bits per heavy atom. The van der Waals surface area contributed by atoms with Crippen LogP contribution < -0.4 is 5.32 Å². The van der Waals surface area contributed by atoms with E-state index >= 15 is 0 Å². The van der Waals surface area contributed by atoms with Crippen LogP contribution >= 0.6 is 0 Å². The number of nitrogens with one attached hydrogen (secondary N) is 1. The van der Waals surface area contributed by atoms with Crippen LogP contribution in [0.5, 0.6) is 0 Å². The molecule has 2 aromatic heterocycles. The van der Waals surface area contributed by atoms with Crippen molar-refractivity contribution in [3.63, 3.8) is 0 Å². The van der Waals surface area contributed by atoms with Gasteiger partial charge in [0.15, 0.2) is 0 Å². The molecule has 1 unspecified atom stereocenters. The standard InChI is InChI=1S/C16H22N2O/c1-4-8-18-16(13-9-12(3)10-17-11-13)15-7-6-14(5-2)19-15/h6-7,9-11,16,18H,4-5,8H2,1-3H3. The molecule has 19 heavy (non-hydrogen) atoms. The fourth-order valence-corrected chi connectivity index (χ4v) is 2.15. The first kappa shape index (κ1) is 13.8. The van der Waals surface area contributed by atoms with Crippen molar-refractivity contribution < 1.29 is 4.42 Å². The Bertz CT molecular complexity index is 519. The van der Waals surface area contributed by atoms with E-state index in [1.54, 1.807) is 0 Å². The van der Waals surface area contributed by atoms with Gasteiger partial charge in [-0.05, 0) is 43.1 Å². The van der Waals surface area contributed by atoms with Crippen LogP contribution in [0.25, 0.3) is 0 Å². The zero-order valence-corrected chi connectivity index (χ0v) is 11.9. The Kier molecular flexibility index (Phi) is 4.74. The zero-order chi connectivity index (χ0) is 13.7. The van der Waals surface area contributed by atoms with Gasteiger partial charge in [-0.25, -0.2) is 0 Å². The maximum atomic E-state index is 5.90. The van der Waals surface area contributed by atoms with Crippen molar-refractivity contribution in [1.29, 1.82) is 0 Å². The molecule has 0 aliphatic rings. The predicted octanol–water partition coefficient (Wildman–Crippen LogP) is 3.63. The van der Waals surface area contributed by atoms with Crippen molar-refractivity contribution in [2.45, 2.75) is 39.7 Å². The lowest BCUT2D eigenvalue weighted by Gasteiger charge is -2.17. The van der Waals surface area contributed by atoms with Crippen LogP contribution in [0, 0.1) is 6.92 Å². The van der Waals surface area contributed by atoms with E-state index in [1.165, 1.54) is 5.56 Å². The van der Waals surface area contributed by atoms with Crippen LogP contribution in [0.4, 0.5) is 0 Å². The summed E-state index contributed by atoms with van der Waals surface area (Å²) >= 11 is 0. The minimum Gasteiger partial charge on any atom is -0.464 e. The van der Waals surface area contributed by atoms with Crippen LogP contribution in [-0.2, 0) is 6.42 Å². The van der Waals surface area contributed by atoms with Gasteiger partial charge in [-0.3, -0.25) is 4.98 Å². The van der Waals surface area contributed by atoms with Crippen LogP contribution in [0.1, 0.15) is 49.0 Å². The fourth-order valence-electron chi connectivity index (χ4n) is 2.15. The molecule has 0 saturated carbocycles. The average Bonchev–Trinajstić information content (AvgIpc) is 2.88. The number of nitrogens with zero attached hydrogens (tertiary/aromatic N) is 1. The number of hydrogen-bond acceptors (Lipinski definition) is 3. The Morgan fingerprint density at radius 1 is 1.26 bits per heavy atom. The number of aromatic nitrogens is 1. The number of furan rings is 1. The monoisotopic (exact) mass is 258 g/mol. The summed E-state index contributed by atoms with van der Waals surface area (Å²) in [5, 5.41) is 3.53. The Hall–Kier alpha value is -1.61. The summed E-state index contributed by atoms with van der Waals surface area (Å²) in [4.78, 5) is 4.28. The van der Waals surface area contributed by atoms with E-state index < -0.39 is 0 Å². The highest BCUT2D eigenvalue weighted by Crippen LogP contribution is 2.24. The first-order valence-electron chi connectivity index (χ1n) is 6.98. The number of aryl methyl sites for hydroxylation is 2. The third-order valence-electron chi connectivity index (χ3n) is 3.14. The maximum Gasteiger partial charge on any atom is 0.125 e. The van der Waals surface area contributed by atoms with Crippen molar-refractivity contribution in [2.24, 2.45) is 0 Å². The second-order valence-corrected chi connectivity index (χ2v) is 4.84. The van der Waals surface area contributed by atoms with Crippen molar-refractivity contribution in [3.05, 3.63) is 53.2 Å². The molecule has 3 heteroatoms. The Labute approximate surface area is 115 Å². The van der Waals surface area contributed by atoms with Gasteiger partial charge in [0.1, 0.15) is 11.5 Å². The van der Waals surface area contributed by atoms with Gasteiger partial charge in [0.2, 0.25) is 0 Å². The van der Waals surface area contributed by atoms with Crippen molar-refractivity contribution in [3.8, 4) is 0 Å². The molecular formula is C16H22N2O. The molecule has 0 spiro atoms. The molecule has 3 nitrogen and oxygen atoms in total. The highest BCUT2D eigenvalue weighted by molar-refractivity contribution is 5.27. The number of pyridine rings is 1. The number of rotatable bonds is 6. The van der Waals surface area contributed by atoms with E-state index in [2.05, 4.69) is 49.3 Å². The van der Waals surface area contributed by atoms with Crippen LogP contribution in [0.2, 0.25) is 0 Å². The summed E-state index contributed by atoms with van der Waals surface area (Å²) in [5.41, 5.74) is 2.33. The smallest absolute Gasteiger partial charge is 0.125 e. The summed E-state index contributed by atoms with van der Waals surface area (Å²) in [6.45, 7) is 7.29. The second-order valence-electron chi connectivity index (χ2n) is 4.84. The third-order valence-corrected chi connectivity index (χ3v) is 3.14. The van der Waals surface area contributed by atoms with Crippen molar-refractivity contribution >= 4 is 0 Å². The highest BCUT2D eigenvalue weighted by Gasteiger charge is 2.17. The van der Waals surface area contributed by atoms with Gasteiger partial charge >= 0.3 is 0 Å². The number of hydrogen-bond donors (Lipinski definition) is 1. The third kappa shape index (κ3) is 3.44. The maximum absolute atomic E-state index is 5.90. The van der Waals surface area contributed by atoms with E-state index in [-0.39, 0.29) is 6.04 Å². The summed E-state index contributed by atoms with van der Waals surface area (Å²) < 4.78 is 5.90. The summed E-state index contributed by atoms with van der Waals surface area (Å²) in [6, 6.07) is 6.37. The lowest BCUT2D eigenvalue weighted by molar-refractivity contribution is 0.421. The first-order chi connectivity index (χ1) is 9.24. The van der Waals surface area contributed by atoms with Gasteiger partial charge in [-0.15, -0.1) is 0 Å². The van der Waals surface area contributed by atoms with E-state index in [0.29, 0.717) is 0 Å². The van der Waals surface area contributed by atoms with Gasteiger partial charge in [-0.2, -0.15) is 0 Å². The SMILES string of the molecule is CCCNC(c1cncc(C)c1)c1ccc(CC)o1. The Morgan fingerprint density at radius 2 is 2.11 bits per heavy atom. The normalized spacial score (nSPS) is 12.6. The van der Waals surface area contributed by atoms with Crippen LogP contribution in [0.15, 0.2) is 35.0 Å². The lowest BCUT2D eigenvalue weighted by atomic mass is 10.1. The highest BCUT2D eigenvalue weighted by atomic mass is 16.3. The molecule has 0 saturated heterocycles. The molecule has 2 rings (SSSR count). The second kappa shape index (κ2) is 6.53. The first-order valence-corrected chi connectivity index (χ1v) is 6.98. The topological polar surface area (TPSA) is 38.1 Å². The molecule has 0 amide bonds. The van der Waals surface area contributed by atoms with Crippen molar-refractivity contribution in [2.75, 3.05) is 6.54 Å². The molecule has 0 bridgehead atoms. The van der Waals surface area contributed by atoms with Gasteiger partial charge in [0.05, 0.1) is 6.04 Å². The largest absolute Gasteiger partial charge is 0.464 e. The molecule has 0 fully saturated rings. The summed E-state index contributed by atoms with van der Waals surface area (Å²) in [5.74, 6) is 2.00. The predicted molar refractivity (Wildman–Crippen MR) is 77.2 cm³/mol. The Balaban J connectivity index is 2.29. The minimum absolute atomic E-state index is 0.0904. The molecule has 0 aromatic carbocycles. The van der Waals surface area contributed by atoms with Gasteiger partial charge in [-0.1, -0.05) is 19.9 Å². The molecule has 1 atom stereocenters. The van der Waals surface area contributed by atoms with Crippen LogP contribution in [-0.4, -0.2) is 11.5 Å². The summed E-state index contributed by atoms with van der Waals surface area (Å²) in [6.07, 6.45) is 5.80. The molecule has 0 aliphatic carbocycles. The molecular weight excluding hydrogens is 236 g/mol. The van der Waals surface area contributed by atoms with Gasteiger partial charge < -0.3 is 9.73 Å². The van der Waals surface area contributed by atoms with E-state index in [9.17, 15) is 0 Å². The summed E-state index contributed by atoms with van der Waals surface area (Å²) in [7, 11) is 0. The zero-order valence-electron chi connectivity index (χ0n) is 11.9. The van der Waals surface area contributed by atoms with E-state index in [0.717, 1.165) is 36.5 Å². The van der Waals surface area contributed by atoms with E-state index in [1.807, 2.05) is 12.4 Å². The molecule has 2 heterocycles. The van der Waals surface area contributed by atoms with Gasteiger partial charge in [0, 0.05) is 18.8 Å². The molecule has 1 N–H and O–H groups in total. The minimum atomic E-state index is 0.0904.